The topological polar surface area (TPSA) is 96.0 Å². The lowest BCUT2D eigenvalue weighted by Gasteiger charge is -2.25. The predicted octanol–water partition coefficient (Wildman–Crippen LogP) is 1.62. The maximum atomic E-state index is 11.9. The molecule has 0 saturated heterocycles. The Morgan fingerprint density at radius 3 is 1.71 bits per heavy atom. The number of carbonyl (C=O) groups is 2. The summed E-state index contributed by atoms with van der Waals surface area (Å²) in [6.45, 7) is 6.43. The zero-order valence-corrected chi connectivity index (χ0v) is 17.0. The number of carbonyl (C=O) groups excluding carboxylic acids is 2. The lowest BCUT2D eigenvalue weighted by molar-refractivity contribution is -0.154. The van der Waals surface area contributed by atoms with Crippen molar-refractivity contribution < 1.29 is 31.7 Å². The van der Waals surface area contributed by atoms with Crippen LogP contribution in [0.25, 0.3) is 0 Å². The molecule has 0 aromatic carbocycles. The minimum absolute atomic E-state index is 0.0529. The molecule has 0 radical (unpaired) electrons. The van der Waals surface area contributed by atoms with Crippen molar-refractivity contribution in [2.24, 2.45) is 0 Å². The van der Waals surface area contributed by atoms with Crippen LogP contribution >= 0.6 is 25.3 Å². The van der Waals surface area contributed by atoms with Gasteiger partial charge in [0.25, 0.3) is 10.1 Å². The van der Waals surface area contributed by atoms with Crippen molar-refractivity contribution in [2.45, 2.75) is 51.7 Å². The van der Waals surface area contributed by atoms with Crippen molar-refractivity contribution in [3.63, 3.8) is 0 Å². The van der Waals surface area contributed by atoms with Crippen molar-refractivity contribution in [1.82, 2.24) is 0 Å². The van der Waals surface area contributed by atoms with Crippen LogP contribution in [0.1, 0.15) is 40.5 Å². The summed E-state index contributed by atoms with van der Waals surface area (Å²) in [5, 5.41) is 0. The maximum absolute atomic E-state index is 11.9. The Balaban J connectivity index is 4.36. The first kappa shape index (κ1) is 23.5. The van der Waals surface area contributed by atoms with E-state index in [0.717, 1.165) is 0 Å². The van der Waals surface area contributed by atoms with E-state index < -0.39 is 33.3 Å². The highest BCUT2D eigenvalue weighted by Gasteiger charge is 2.27. The van der Waals surface area contributed by atoms with Crippen molar-refractivity contribution in [3.05, 3.63) is 0 Å². The van der Waals surface area contributed by atoms with Crippen molar-refractivity contribution in [2.75, 3.05) is 23.9 Å². The molecule has 0 heterocycles. The molecule has 0 amide bonds. The third-order valence-electron chi connectivity index (χ3n) is 2.96. The molecule has 0 aromatic heterocycles. The van der Waals surface area contributed by atoms with Crippen LogP contribution in [-0.2, 0) is 33.4 Å². The second kappa shape index (κ2) is 9.88. The first-order valence-corrected chi connectivity index (χ1v) is 10.2. The Morgan fingerprint density at radius 1 is 0.875 bits per heavy atom. The number of esters is 2. The van der Waals surface area contributed by atoms with Gasteiger partial charge in [0.2, 0.25) is 0 Å². The molecule has 0 fully saturated rings. The summed E-state index contributed by atoms with van der Waals surface area (Å²) >= 11 is 7.61. The van der Waals surface area contributed by atoms with Gasteiger partial charge in [0, 0.05) is 12.8 Å². The minimum Gasteiger partial charge on any atom is -0.459 e. The summed E-state index contributed by atoms with van der Waals surface area (Å²) in [6.07, 6.45) is 0.302. The summed E-state index contributed by atoms with van der Waals surface area (Å²) in [4.78, 5) is 22.4. The largest absolute Gasteiger partial charge is 0.459 e. The standard InChI is InChI=1S/C14H26O7S3/c1-13(2,20-11(15)9-22)5-7-19-24(17,18)8-6-14(3,4)21-12(16)10-23/h22-23H,5-10H2,1-4H3. The molecule has 0 aromatic rings. The molecule has 0 atom stereocenters. The van der Waals surface area contributed by atoms with Crippen LogP contribution in [0.3, 0.4) is 0 Å². The zero-order valence-electron chi connectivity index (χ0n) is 14.4. The number of rotatable bonds is 11. The van der Waals surface area contributed by atoms with Crippen LogP contribution in [0.4, 0.5) is 0 Å². The molecule has 0 unspecified atom stereocenters. The summed E-state index contributed by atoms with van der Waals surface area (Å²) in [5.41, 5.74) is -1.78. The maximum Gasteiger partial charge on any atom is 0.316 e. The van der Waals surface area contributed by atoms with Crippen molar-refractivity contribution in [1.29, 1.82) is 0 Å². The normalized spacial score (nSPS) is 12.8. The highest BCUT2D eigenvalue weighted by Crippen LogP contribution is 2.19. The molecule has 0 spiro atoms. The van der Waals surface area contributed by atoms with E-state index in [1.807, 2.05) is 0 Å². The Kier molecular flexibility index (Phi) is 9.70. The molecule has 10 heteroatoms. The Labute approximate surface area is 154 Å². The molecule has 0 aliphatic carbocycles. The van der Waals surface area contributed by atoms with Gasteiger partial charge >= 0.3 is 11.9 Å². The number of hydrogen-bond donors (Lipinski definition) is 2. The molecule has 0 N–H and O–H groups in total. The third kappa shape index (κ3) is 11.2. The molecule has 0 saturated carbocycles. The summed E-state index contributed by atoms with van der Waals surface area (Å²) in [5.74, 6) is -1.43. The van der Waals surface area contributed by atoms with E-state index in [1.54, 1.807) is 27.7 Å². The number of ether oxygens (including phenoxy) is 2. The van der Waals surface area contributed by atoms with Crippen LogP contribution < -0.4 is 0 Å². The van der Waals surface area contributed by atoms with Crippen molar-refractivity contribution in [3.8, 4) is 0 Å². The molecule has 142 valence electrons. The van der Waals surface area contributed by atoms with Crippen molar-refractivity contribution >= 4 is 47.3 Å². The van der Waals surface area contributed by atoms with E-state index in [2.05, 4.69) is 25.3 Å². The SMILES string of the molecule is CC(C)(CCOS(=O)(=O)CCC(C)(C)OC(=O)CS)OC(=O)CS. The lowest BCUT2D eigenvalue weighted by Crippen LogP contribution is -2.32. The highest BCUT2D eigenvalue weighted by molar-refractivity contribution is 7.86. The third-order valence-corrected chi connectivity index (χ3v) is 4.71. The lowest BCUT2D eigenvalue weighted by atomic mass is 10.1. The smallest absolute Gasteiger partial charge is 0.316 e. The average molecular weight is 403 g/mol. The quantitative estimate of drug-likeness (QED) is 0.308. The van der Waals surface area contributed by atoms with Gasteiger partial charge in [-0.15, -0.1) is 0 Å². The summed E-state index contributed by atoms with van der Waals surface area (Å²) in [6, 6.07) is 0. The van der Waals surface area contributed by atoms with E-state index in [-0.39, 0.29) is 36.7 Å². The monoisotopic (exact) mass is 402 g/mol. The van der Waals surface area contributed by atoms with Gasteiger partial charge in [0.15, 0.2) is 0 Å². The molecular weight excluding hydrogens is 376 g/mol. The van der Waals surface area contributed by atoms with Crippen LogP contribution in [0, 0.1) is 0 Å². The highest BCUT2D eigenvalue weighted by atomic mass is 32.2. The van der Waals surface area contributed by atoms with Gasteiger partial charge in [-0.2, -0.15) is 33.7 Å². The van der Waals surface area contributed by atoms with Gasteiger partial charge in [0.05, 0.1) is 23.9 Å². The van der Waals surface area contributed by atoms with Gasteiger partial charge < -0.3 is 9.47 Å². The van der Waals surface area contributed by atoms with E-state index in [1.165, 1.54) is 0 Å². The first-order valence-electron chi connectivity index (χ1n) is 7.35. The van der Waals surface area contributed by atoms with E-state index in [9.17, 15) is 18.0 Å². The van der Waals surface area contributed by atoms with E-state index in [0.29, 0.717) is 0 Å². The Hall–Kier alpha value is -0.450. The molecular formula is C14H26O7S3. The van der Waals surface area contributed by atoms with Crippen LogP contribution in [0.2, 0.25) is 0 Å². The molecule has 0 aliphatic heterocycles. The van der Waals surface area contributed by atoms with E-state index >= 15 is 0 Å². The van der Waals surface area contributed by atoms with Crippen LogP contribution in [0.15, 0.2) is 0 Å². The van der Waals surface area contributed by atoms with Gasteiger partial charge in [-0.05, 0) is 27.7 Å². The summed E-state index contributed by atoms with van der Waals surface area (Å²) in [7, 11) is -3.78. The van der Waals surface area contributed by atoms with Crippen LogP contribution in [0.5, 0.6) is 0 Å². The molecule has 0 rings (SSSR count). The van der Waals surface area contributed by atoms with Gasteiger partial charge in [0.1, 0.15) is 11.2 Å². The molecule has 0 bridgehead atoms. The second-order valence-electron chi connectivity index (χ2n) is 6.37. The second-order valence-corrected chi connectivity index (χ2v) is 8.76. The fraction of sp³-hybridized carbons (Fsp3) is 0.857. The molecule has 7 nitrogen and oxygen atoms in total. The average Bonchev–Trinajstić information content (AvgIpc) is 2.43. The predicted molar refractivity (Wildman–Crippen MR) is 97.0 cm³/mol. The fourth-order valence-electron chi connectivity index (χ4n) is 1.63. The Morgan fingerprint density at radius 2 is 1.29 bits per heavy atom. The summed E-state index contributed by atoms with van der Waals surface area (Å²) < 4.78 is 38.9. The first-order chi connectivity index (χ1) is 10.8. The van der Waals surface area contributed by atoms with Gasteiger partial charge in [-0.1, -0.05) is 0 Å². The van der Waals surface area contributed by atoms with Crippen LogP contribution in [-0.4, -0.2) is 55.4 Å². The molecule has 24 heavy (non-hydrogen) atoms. The number of hydrogen-bond acceptors (Lipinski definition) is 9. The Bertz CT molecular complexity index is 526. The fourth-order valence-corrected chi connectivity index (χ4v) is 2.95. The minimum atomic E-state index is -3.78. The van der Waals surface area contributed by atoms with Gasteiger partial charge in [-0.25, -0.2) is 0 Å². The molecule has 0 aliphatic rings. The van der Waals surface area contributed by atoms with Gasteiger partial charge in [-0.3, -0.25) is 13.8 Å². The van der Waals surface area contributed by atoms with E-state index in [4.69, 9.17) is 13.7 Å². The number of thiol groups is 2. The zero-order chi connectivity index (χ0) is 19.0.